The predicted octanol–water partition coefficient (Wildman–Crippen LogP) is 3.35. The minimum absolute atomic E-state index is 0.0216. The summed E-state index contributed by atoms with van der Waals surface area (Å²) >= 11 is 7.46. The fraction of sp³-hybridized carbons (Fsp3) is 0.350. The molecule has 2 aromatic rings. The van der Waals surface area contributed by atoms with E-state index < -0.39 is 0 Å². The topological polar surface area (TPSA) is 69.7 Å². The Morgan fingerprint density at radius 1 is 1.18 bits per heavy atom. The fourth-order valence-corrected chi connectivity index (χ4v) is 4.12. The molecule has 0 spiro atoms. The molecule has 0 bridgehead atoms. The van der Waals surface area contributed by atoms with Crippen molar-refractivity contribution in [2.24, 2.45) is 5.92 Å². The van der Waals surface area contributed by atoms with Gasteiger partial charge in [0, 0.05) is 26.1 Å². The highest BCUT2D eigenvalue weighted by atomic mass is 35.5. The second-order valence-electron chi connectivity index (χ2n) is 6.77. The van der Waals surface area contributed by atoms with Crippen molar-refractivity contribution in [1.29, 1.82) is 0 Å². The summed E-state index contributed by atoms with van der Waals surface area (Å²) < 4.78 is 0. The number of para-hydroxylation sites is 1. The average molecular weight is 420 g/mol. The molecule has 6 nitrogen and oxygen atoms in total. The lowest BCUT2D eigenvalue weighted by Crippen LogP contribution is -2.44. The number of rotatable bonds is 5. The van der Waals surface area contributed by atoms with E-state index in [0.717, 1.165) is 4.88 Å². The summed E-state index contributed by atoms with van der Waals surface area (Å²) in [6, 6.07) is 10.6. The second kappa shape index (κ2) is 9.21. The number of halogens is 1. The van der Waals surface area contributed by atoms with Gasteiger partial charge in [-0.2, -0.15) is 0 Å². The first-order valence-corrected chi connectivity index (χ1v) is 10.3. The highest BCUT2D eigenvalue weighted by Crippen LogP contribution is 2.23. The molecule has 0 aliphatic carbocycles. The van der Waals surface area contributed by atoms with Crippen molar-refractivity contribution in [2.75, 3.05) is 32.0 Å². The number of piperidine rings is 1. The lowest BCUT2D eigenvalue weighted by Gasteiger charge is -2.32. The van der Waals surface area contributed by atoms with Crippen molar-refractivity contribution in [3.8, 4) is 0 Å². The summed E-state index contributed by atoms with van der Waals surface area (Å²) in [5.74, 6) is -0.523. The van der Waals surface area contributed by atoms with Gasteiger partial charge in [-0.3, -0.25) is 14.4 Å². The highest BCUT2D eigenvalue weighted by Gasteiger charge is 2.30. The largest absolute Gasteiger partial charge is 0.338 e. The number of carbonyl (C=O) groups excluding carboxylic acids is 3. The lowest BCUT2D eigenvalue weighted by molar-refractivity contribution is -0.138. The summed E-state index contributed by atoms with van der Waals surface area (Å²) in [7, 11) is 1.62. The Bertz CT molecular complexity index is 848. The highest BCUT2D eigenvalue weighted by molar-refractivity contribution is 7.12. The van der Waals surface area contributed by atoms with Gasteiger partial charge in [-0.05, 0) is 36.4 Å². The zero-order valence-electron chi connectivity index (χ0n) is 15.6. The maximum absolute atomic E-state index is 12.7. The summed E-state index contributed by atoms with van der Waals surface area (Å²) in [5, 5.41) is 5.05. The normalized spacial score (nSPS) is 14.6. The van der Waals surface area contributed by atoms with Gasteiger partial charge in [0.1, 0.15) is 0 Å². The van der Waals surface area contributed by atoms with Gasteiger partial charge < -0.3 is 15.1 Å². The molecule has 1 N–H and O–H groups in total. The molecule has 0 unspecified atom stereocenters. The molecule has 148 valence electrons. The van der Waals surface area contributed by atoms with E-state index in [9.17, 15) is 14.4 Å². The maximum atomic E-state index is 12.7. The van der Waals surface area contributed by atoms with Crippen LogP contribution in [0.15, 0.2) is 41.8 Å². The van der Waals surface area contributed by atoms with E-state index in [-0.39, 0.29) is 30.2 Å². The molecule has 8 heteroatoms. The van der Waals surface area contributed by atoms with Gasteiger partial charge in [0.2, 0.25) is 11.8 Å². The Balaban J connectivity index is 1.48. The molecule has 3 amide bonds. The zero-order chi connectivity index (χ0) is 20.1. The third-order valence-corrected chi connectivity index (χ3v) is 5.96. The first-order chi connectivity index (χ1) is 13.5. The van der Waals surface area contributed by atoms with E-state index in [2.05, 4.69) is 5.32 Å². The standard InChI is InChI=1S/C20H22ClN3O3S/c1-23(13-18(25)22-16-6-3-2-5-15(16)21)19(26)14-8-10-24(11-9-14)20(27)17-7-4-12-28-17/h2-7,12,14H,8-11,13H2,1H3,(H,22,25). The average Bonchev–Trinajstić information content (AvgIpc) is 3.23. The molecule has 0 atom stereocenters. The molecule has 2 heterocycles. The lowest BCUT2D eigenvalue weighted by atomic mass is 9.95. The molecular formula is C20H22ClN3O3S. The third-order valence-electron chi connectivity index (χ3n) is 4.77. The number of likely N-dealkylation sites (N-methyl/N-ethyl adjacent to an activating group) is 1. The van der Waals surface area contributed by atoms with Crippen molar-refractivity contribution >= 4 is 46.3 Å². The van der Waals surface area contributed by atoms with Crippen LogP contribution >= 0.6 is 22.9 Å². The minimum Gasteiger partial charge on any atom is -0.338 e. The predicted molar refractivity (Wildman–Crippen MR) is 111 cm³/mol. The van der Waals surface area contributed by atoms with Crippen molar-refractivity contribution in [3.05, 3.63) is 51.7 Å². The summed E-state index contributed by atoms with van der Waals surface area (Å²) in [6.45, 7) is 1.05. The molecule has 1 aromatic carbocycles. The monoisotopic (exact) mass is 419 g/mol. The molecular weight excluding hydrogens is 398 g/mol. The summed E-state index contributed by atoms with van der Waals surface area (Å²) in [6.07, 6.45) is 1.21. The van der Waals surface area contributed by atoms with Gasteiger partial charge >= 0.3 is 0 Å². The number of likely N-dealkylation sites (tertiary alicyclic amines) is 1. The van der Waals surface area contributed by atoms with Crippen LogP contribution in [0.25, 0.3) is 0 Å². The Labute approximate surface area is 173 Å². The van der Waals surface area contributed by atoms with E-state index in [0.29, 0.717) is 36.6 Å². The van der Waals surface area contributed by atoms with Crippen LogP contribution in [-0.2, 0) is 9.59 Å². The molecule has 1 aliphatic heterocycles. The number of benzene rings is 1. The third kappa shape index (κ3) is 4.91. The SMILES string of the molecule is CN(CC(=O)Nc1ccccc1Cl)C(=O)C1CCN(C(=O)c2cccs2)CC1. The van der Waals surface area contributed by atoms with E-state index in [1.165, 1.54) is 16.2 Å². The van der Waals surface area contributed by atoms with Crippen molar-refractivity contribution < 1.29 is 14.4 Å². The number of nitrogens with one attached hydrogen (secondary N) is 1. The van der Waals surface area contributed by atoms with Gasteiger partial charge in [0.25, 0.3) is 5.91 Å². The Morgan fingerprint density at radius 3 is 2.54 bits per heavy atom. The number of amides is 3. The van der Waals surface area contributed by atoms with Gasteiger partial charge in [0.05, 0.1) is 22.1 Å². The molecule has 1 aromatic heterocycles. The van der Waals surface area contributed by atoms with Crippen molar-refractivity contribution in [3.63, 3.8) is 0 Å². The number of hydrogen-bond acceptors (Lipinski definition) is 4. The van der Waals surface area contributed by atoms with Gasteiger partial charge in [-0.25, -0.2) is 0 Å². The van der Waals surface area contributed by atoms with Crippen LogP contribution in [0, 0.1) is 5.92 Å². The Morgan fingerprint density at radius 2 is 1.89 bits per heavy atom. The van der Waals surface area contributed by atoms with Gasteiger partial charge in [-0.15, -0.1) is 11.3 Å². The Kier molecular flexibility index (Phi) is 6.70. The van der Waals surface area contributed by atoms with E-state index in [4.69, 9.17) is 11.6 Å². The van der Waals surface area contributed by atoms with Crippen LogP contribution in [0.4, 0.5) is 5.69 Å². The molecule has 0 radical (unpaired) electrons. The molecule has 1 saturated heterocycles. The van der Waals surface area contributed by atoms with Crippen LogP contribution in [0.5, 0.6) is 0 Å². The molecule has 1 fully saturated rings. The van der Waals surface area contributed by atoms with Crippen molar-refractivity contribution in [1.82, 2.24) is 9.80 Å². The van der Waals surface area contributed by atoms with Crippen LogP contribution in [0.3, 0.4) is 0 Å². The van der Waals surface area contributed by atoms with Crippen molar-refractivity contribution in [2.45, 2.75) is 12.8 Å². The summed E-state index contributed by atoms with van der Waals surface area (Å²) in [5.41, 5.74) is 0.524. The Hall–Kier alpha value is -2.38. The van der Waals surface area contributed by atoms with Crippen LogP contribution in [-0.4, -0.2) is 54.2 Å². The van der Waals surface area contributed by atoms with Crippen LogP contribution in [0.1, 0.15) is 22.5 Å². The van der Waals surface area contributed by atoms with Crippen LogP contribution in [0.2, 0.25) is 5.02 Å². The van der Waals surface area contributed by atoms with E-state index in [1.54, 1.807) is 36.2 Å². The van der Waals surface area contributed by atoms with Crippen LogP contribution < -0.4 is 5.32 Å². The fourth-order valence-electron chi connectivity index (χ4n) is 3.24. The van der Waals surface area contributed by atoms with Gasteiger partial charge in [0.15, 0.2) is 0 Å². The number of anilines is 1. The first-order valence-electron chi connectivity index (χ1n) is 9.08. The number of carbonyl (C=O) groups is 3. The smallest absolute Gasteiger partial charge is 0.263 e. The molecule has 28 heavy (non-hydrogen) atoms. The zero-order valence-corrected chi connectivity index (χ0v) is 17.1. The molecule has 3 rings (SSSR count). The number of thiophene rings is 1. The van der Waals surface area contributed by atoms with E-state index >= 15 is 0 Å². The molecule has 0 saturated carbocycles. The molecule has 1 aliphatic rings. The second-order valence-corrected chi connectivity index (χ2v) is 8.12. The number of hydrogen-bond donors (Lipinski definition) is 1. The van der Waals surface area contributed by atoms with E-state index in [1.807, 2.05) is 17.5 Å². The maximum Gasteiger partial charge on any atom is 0.263 e. The summed E-state index contributed by atoms with van der Waals surface area (Å²) in [4.78, 5) is 41.2. The quantitative estimate of drug-likeness (QED) is 0.807. The minimum atomic E-state index is -0.297. The first kappa shape index (κ1) is 20.4. The van der Waals surface area contributed by atoms with Gasteiger partial charge in [-0.1, -0.05) is 29.8 Å². The number of nitrogens with zero attached hydrogens (tertiary/aromatic N) is 2.